The van der Waals surface area contributed by atoms with Crippen molar-refractivity contribution in [3.63, 3.8) is 0 Å². The fourth-order valence-electron chi connectivity index (χ4n) is 7.97. The third kappa shape index (κ3) is 7.62. The Labute approximate surface area is 311 Å². The zero-order valence-corrected chi connectivity index (χ0v) is 31.2. The number of nitrogens with one attached hydrogen (secondary N) is 1. The summed E-state index contributed by atoms with van der Waals surface area (Å²) in [7, 11) is 3.91. The van der Waals surface area contributed by atoms with Crippen LogP contribution in [0, 0.1) is 5.82 Å². The number of likely N-dealkylation sites (N-methyl/N-ethyl adjacent to an activating group) is 1. The number of para-hydroxylation sites is 2. The first-order chi connectivity index (χ1) is 25.7. The van der Waals surface area contributed by atoms with Gasteiger partial charge >= 0.3 is 0 Å². The van der Waals surface area contributed by atoms with Crippen molar-refractivity contribution in [2.24, 2.45) is 0 Å². The van der Waals surface area contributed by atoms with E-state index in [0.717, 1.165) is 45.3 Å². The summed E-state index contributed by atoms with van der Waals surface area (Å²) >= 11 is 0. The van der Waals surface area contributed by atoms with Gasteiger partial charge in [-0.1, -0.05) is 42.8 Å². The van der Waals surface area contributed by atoms with Crippen molar-refractivity contribution >= 4 is 39.8 Å². The molecule has 0 saturated carbocycles. The Morgan fingerprint density at radius 2 is 1.62 bits per heavy atom. The van der Waals surface area contributed by atoms with Crippen molar-refractivity contribution in [3.8, 4) is 5.75 Å². The van der Waals surface area contributed by atoms with E-state index in [4.69, 9.17) is 4.74 Å². The lowest BCUT2D eigenvalue weighted by Gasteiger charge is -2.37. The summed E-state index contributed by atoms with van der Waals surface area (Å²) in [6, 6.07) is 18.4. The summed E-state index contributed by atoms with van der Waals surface area (Å²) in [5.74, 6) is -0.498. The van der Waals surface area contributed by atoms with E-state index in [0.29, 0.717) is 69.0 Å². The monoisotopic (exact) mass is 722 g/mol. The van der Waals surface area contributed by atoms with Crippen LogP contribution in [-0.2, 0) is 17.6 Å². The SMILES string of the molecule is CC1COc2c(N3CCN(C)CC3)c(F)cc3c(=O)c(C(=O)NCCCCCC(=O)N(C)CCCN4c5ccccc5CCc5ccccc54)cn1c23. The number of amides is 2. The first-order valence-electron chi connectivity index (χ1n) is 19.1. The van der Waals surface area contributed by atoms with Crippen molar-refractivity contribution in [1.29, 1.82) is 0 Å². The van der Waals surface area contributed by atoms with Crippen LogP contribution in [-0.4, -0.2) is 92.7 Å². The second-order valence-electron chi connectivity index (χ2n) is 14.8. The second kappa shape index (κ2) is 16.0. The van der Waals surface area contributed by atoms with E-state index >= 15 is 4.39 Å². The minimum Gasteiger partial charge on any atom is -0.487 e. The van der Waals surface area contributed by atoms with E-state index in [-0.39, 0.29) is 22.9 Å². The van der Waals surface area contributed by atoms with Crippen LogP contribution in [0.5, 0.6) is 5.75 Å². The zero-order chi connectivity index (χ0) is 37.1. The average molecular weight is 723 g/mol. The van der Waals surface area contributed by atoms with Crippen molar-refractivity contribution in [2.75, 3.05) is 76.3 Å². The van der Waals surface area contributed by atoms with Gasteiger partial charge in [0.25, 0.3) is 5.91 Å². The maximum absolute atomic E-state index is 15.7. The number of carbonyl (C=O) groups excluding carboxylic acids is 2. The Hall–Kier alpha value is -4.90. The number of hydrogen-bond donors (Lipinski definition) is 1. The molecule has 3 aliphatic heterocycles. The molecule has 4 heterocycles. The molecule has 10 nitrogen and oxygen atoms in total. The molecule has 7 rings (SSSR count). The Morgan fingerprint density at radius 1 is 0.943 bits per heavy atom. The summed E-state index contributed by atoms with van der Waals surface area (Å²) in [4.78, 5) is 48.3. The first-order valence-corrected chi connectivity index (χ1v) is 19.1. The molecule has 2 amide bonds. The number of aromatic nitrogens is 1. The summed E-state index contributed by atoms with van der Waals surface area (Å²) in [5.41, 5.74) is 5.62. The minimum atomic E-state index is -0.512. The van der Waals surface area contributed by atoms with E-state index in [9.17, 15) is 14.4 Å². The molecule has 1 saturated heterocycles. The molecule has 0 radical (unpaired) electrons. The highest BCUT2D eigenvalue weighted by Gasteiger charge is 2.31. The minimum absolute atomic E-state index is 0.00657. The fourth-order valence-corrected chi connectivity index (χ4v) is 7.97. The normalized spacial score (nSPS) is 16.8. The molecule has 1 N–H and O–H groups in total. The van der Waals surface area contributed by atoms with Crippen molar-refractivity contribution in [3.05, 3.63) is 93.5 Å². The van der Waals surface area contributed by atoms with Crippen LogP contribution >= 0.6 is 0 Å². The number of ether oxygens (including phenoxy) is 1. The van der Waals surface area contributed by atoms with Gasteiger partial charge in [0, 0.05) is 76.9 Å². The highest BCUT2D eigenvalue weighted by atomic mass is 19.1. The van der Waals surface area contributed by atoms with Crippen LogP contribution in [0.15, 0.2) is 65.6 Å². The van der Waals surface area contributed by atoms with Gasteiger partial charge in [-0.25, -0.2) is 4.39 Å². The van der Waals surface area contributed by atoms with Crippen LogP contribution in [0.4, 0.5) is 21.5 Å². The summed E-state index contributed by atoms with van der Waals surface area (Å²) in [6.07, 6.45) is 7.08. The lowest BCUT2D eigenvalue weighted by molar-refractivity contribution is -0.130. The van der Waals surface area contributed by atoms with Crippen LogP contribution in [0.25, 0.3) is 10.9 Å². The number of aryl methyl sites for hydroxylation is 2. The molecule has 1 atom stereocenters. The van der Waals surface area contributed by atoms with E-state index in [1.165, 1.54) is 28.6 Å². The predicted octanol–water partition coefficient (Wildman–Crippen LogP) is 5.92. The van der Waals surface area contributed by atoms with Gasteiger partial charge in [-0.2, -0.15) is 0 Å². The Bertz CT molecular complexity index is 1990. The highest BCUT2D eigenvalue weighted by molar-refractivity contribution is 6.00. The maximum atomic E-state index is 15.7. The molecular formula is C42H51FN6O4. The van der Waals surface area contributed by atoms with Gasteiger partial charge in [0.2, 0.25) is 11.3 Å². The van der Waals surface area contributed by atoms with Gasteiger partial charge in [-0.05, 0) is 75.4 Å². The van der Waals surface area contributed by atoms with Gasteiger partial charge in [0.15, 0.2) is 11.6 Å². The van der Waals surface area contributed by atoms with E-state index in [1.54, 1.807) is 6.20 Å². The number of nitrogens with zero attached hydrogens (tertiary/aromatic N) is 5. The number of rotatable bonds is 12. The maximum Gasteiger partial charge on any atom is 0.256 e. The number of carbonyl (C=O) groups is 2. The lowest BCUT2D eigenvalue weighted by atomic mass is 10.0. The second-order valence-corrected chi connectivity index (χ2v) is 14.8. The van der Waals surface area contributed by atoms with Crippen molar-refractivity contribution < 1.29 is 18.7 Å². The van der Waals surface area contributed by atoms with Gasteiger partial charge in [-0.3, -0.25) is 14.4 Å². The highest BCUT2D eigenvalue weighted by Crippen LogP contribution is 2.42. The molecular weight excluding hydrogens is 671 g/mol. The van der Waals surface area contributed by atoms with Crippen LogP contribution in [0.3, 0.4) is 0 Å². The molecule has 3 aromatic carbocycles. The molecule has 3 aliphatic rings. The van der Waals surface area contributed by atoms with E-state index in [1.807, 2.05) is 35.4 Å². The largest absolute Gasteiger partial charge is 0.487 e. The summed E-state index contributed by atoms with van der Waals surface area (Å²) in [6.45, 7) is 7.07. The van der Waals surface area contributed by atoms with Gasteiger partial charge in [0.1, 0.15) is 17.9 Å². The zero-order valence-electron chi connectivity index (χ0n) is 31.2. The van der Waals surface area contributed by atoms with Gasteiger partial charge < -0.3 is 34.2 Å². The summed E-state index contributed by atoms with van der Waals surface area (Å²) < 4.78 is 23.6. The molecule has 0 aliphatic carbocycles. The number of benzene rings is 3. The third-order valence-electron chi connectivity index (χ3n) is 11.1. The molecule has 1 aromatic heterocycles. The molecule has 4 aromatic rings. The molecule has 1 unspecified atom stereocenters. The average Bonchev–Trinajstić information content (AvgIpc) is 3.32. The number of halogens is 1. The topological polar surface area (TPSA) is 90.4 Å². The quantitative estimate of drug-likeness (QED) is 0.182. The molecule has 1 fully saturated rings. The number of unbranched alkanes of at least 4 members (excludes halogenated alkanes) is 2. The van der Waals surface area contributed by atoms with Crippen LogP contribution in [0.1, 0.15) is 66.6 Å². The first kappa shape index (κ1) is 36.5. The summed E-state index contributed by atoms with van der Waals surface area (Å²) in [5, 5.41) is 3.03. The smallest absolute Gasteiger partial charge is 0.256 e. The standard InChI is InChI=1S/C42H51FN6O4/c1-29-28-53-41-38-32(26-34(43)39(41)47-24-22-45(2)23-25-47)40(51)33(27-49(29)38)42(52)44-19-10-4-5-16-37(50)46(3)20-11-21-48-35-14-8-6-12-30(35)17-18-31-13-7-9-15-36(31)48/h6-9,12-15,26-27,29H,4-5,10-11,16-25,28H2,1-3H3,(H,44,52). The van der Waals surface area contributed by atoms with Gasteiger partial charge in [0.05, 0.1) is 16.9 Å². The number of pyridine rings is 1. The third-order valence-corrected chi connectivity index (χ3v) is 11.1. The van der Waals surface area contributed by atoms with Crippen LogP contribution in [0.2, 0.25) is 0 Å². The van der Waals surface area contributed by atoms with Crippen LogP contribution < -0.4 is 25.3 Å². The Morgan fingerprint density at radius 3 is 2.32 bits per heavy atom. The number of anilines is 3. The predicted molar refractivity (Wildman–Crippen MR) is 208 cm³/mol. The Kier molecular flexibility index (Phi) is 11.0. The van der Waals surface area contributed by atoms with Crippen molar-refractivity contribution in [2.45, 2.75) is 57.9 Å². The van der Waals surface area contributed by atoms with E-state index < -0.39 is 17.2 Å². The lowest BCUT2D eigenvalue weighted by Crippen LogP contribution is -2.45. The molecule has 0 spiro atoms. The Balaban J connectivity index is 0.897. The molecule has 0 bridgehead atoms. The van der Waals surface area contributed by atoms with E-state index in [2.05, 4.69) is 63.6 Å². The van der Waals surface area contributed by atoms with Crippen molar-refractivity contribution in [1.82, 2.24) is 19.7 Å². The molecule has 280 valence electrons. The fraction of sp³-hybridized carbons (Fsp3) is 0.452. The van der Waals surface area contributed by atoms with Gasteiger partial charge in [-0.15, -0.1) is 0 Å². The molecule has 11 heteroatoms. The number of fused-ring (bicyclic) bond motifs is 2. The molecule has 53 heavy (non-hydrogen) atoms. The number of hydrogen-bond acceptors (Lipinski definition) is 7. The number of piperazine rings is 1.